The highest BCUT2D eigenvalue weighted by Gasteiger charge is 2.37. The van der Waals surface area contributed by atoms with Crippen LogP contribution in [0.2, 0.25) is 0 Å². The molecule has 1 rings (SSSR count). The first kappa shape index (κ1) is 15.8. The Morgan fingerprint density at radius 3 is 2.56 bits per heavy atom. The monoisotopic (exact) mass is 252 g/mol. The van der Waals surface area contributed by atoms with Crippen LogP contribution in [-0.2, 0) is 0 Å². The van der Waals surface area contributed by atoms with Crippen LogP contribution >= 0.6 is 0 Å². The van der Waals surface area contributed by atoms with Crippen LogP contribution in [0.3, 0.4) is 0 Å². The molecule has 0 saturated heterocycles. The summed E-state index contributed by atoms with van der Waals surface area (Å²) in [6, 6.07) is 0. The smallest absolute Gasteiger partial charge is 0.0576 e. The molecule has 1 nitrogen and oxygen atoms in total. The average Bonchev–Trinajstić information content (AvgIpc) is 2.28. The van der Waals surface area contributed by atoms with E-state index in [1.807, 2.05) is 6.08 Å². The van der Waals surface area contributed by atoms with Gasteiger partial charge in [-0.25, -0.2) is 0 Å². The molecule has 0 aromatic rings. The SMILES string of the molecule is C=CCCCCCC(C)(C)C1CCC(C)CC1O. The molecule has 0 spiro atoms. The lowest BCUT2D eigenvalue weighted by Gasteiger charge is -2.42. The molecule has 1 aliphatic carbocycles. The first-order valence-electron chi connectivity index (χ1n) is 7.76. The zero-order chi connectivity index (χ0) is 13.6. The van der Waals surface area contributed by atoms with Gasteiger partial charge in [-0.3, -0.25) is 0 Å². The average molecular weight is 252 g/mol. The van der Waals surface area contributed by atoms with Gasteiger partial charge in [-0.1, -0.05) is 46.1 Å². The molecule has 3 unspecified atom stereocenters. The fraction of sp³-hybridized carbons (Fsp3) is 0.882. The van der Waals surface area contributed by atoms with Crippen molar-refractivity contribution >= 4 is 0 Å². The lowest BCUT2D eigenvalue weighted by atomic mass is 9.65. The van der Waals surface area contributed by atoms with Crippen molar-refractivity contribution in [3.63, 3.8) is 0 Å². The van der Waals surface area contributed by atoms with E-state index < -0.39 is 0 Å². The van der Waals surface area contributed by atoms with Crippen molar-refractivity contribution in [3.05, 3.63) is 12.7 Å². The number of aliphatic hydroxyl groups is 1. The van der Waals surface area contributed by atoms with Gasteiger partial charge in [0.25, 0.3) is 0 Å². The lowest BCUT2D eigenvalue weighted by Crippen LogP contribution is -2.38. The minimum atomic E-state index is -0.0723. The normalized spacial score (nSPS) is 29.2. The second-order valence-electron chi connectivity index (χ2n) is 6.97. The van der Waals surface area contributed by atoms with E-state index >= 15 is 0 Å². The molecule has 0 bridgehead atoms. The highest BCUT2D eigenvalue weighted by molar-refractivity contribution is 4.88. The van der Waals surface area contributed by atoms with Crippen LogP contribution in [0.1, 0.15) is 72.1 Å². The molecule has 1 heteroatoms. The van der Waals surface area contributed by atoms with Gasteiger partial charge in [-0.2, -0.15) is 0 Å². The maximum absolute atomic E-state index is 10.3. The number of allylic oxidation sites excluding steroid dienone is 1. The Morgan fingerprint density at radius 2 is 1.94 bits per heavy atom. The van der Waals surface area contributed by atoms with Gasteiger partial charge in [0, 0.05) is 0 Å². The third-order valence-electron chi connectivity index (χ3n) is 4.81. The predicted octanol–water partition coefficient (Wildman–Crippen LogP) is 4.95. The predicted molar refractivity (Wildman–Crippen MR) is 79.6 cm³/mol. The summed E-state index contributed by atoms with van der Waals surface area (Å²) in [6.07, 6.45) is 11.7. The van der Waals surface area contributed by atoms with Gasteiger partial charge in [0.05, 0.1) is 6.10 Å². The van der Waals surface area contributed by atoms with Crippen molar-refractivity contribution in [1.82, 2.24) is 0 Å². The zero-order valence-corrected chi connectivity index (χ0v) is 12.6. The van der Waals surface area contributed by atoms with Crippen LogP contribution in [0.15, 0.2) is 12.7 Å². The van der Waals surface area contributed by atoms with Crippen molar-refractivity contribution in [2.45, 2.75) is 78.2 Å². The van der Waals surface area contributed by atoms with E-state index in [0.29, 0.717) is 17.3 Å². The second-order valence-corrected chi connectivity index (χ2v) is 6.97. The number of aliphatic hydroxyl groups excluding tert-OH is 1. The largest absolute Gasteiger partial charge is 0.393 e. The Morgan fingerprint density at radius 1 is 1.22 bits per heavy atom. The fourth-order valence-electron chi connectivity index (χ4n) is 3.49. The van der Waals surface area contributed by atoms with E-state index in [9.17, 15) is 5.11 Å². The van der Waals surface area contributed by atoms with Gasteiger partial charge >= 0.3 is 0 Å². The van der Waals surface area contributed by atoms with Crippen molar-refractivity contribution < 1.29 is 5.11 Å². The highest BCUT2D eigenvalue weighted by Crippen LogP contribution is 2.43. The van der Waals surface area contributed by atoms with Crippen molar-refractivity contribution in [1.29, 1.82) is 0 Å². The van der Waals surface area contributed by atoms with E-state index in [1.54, 1.807) is 0 Å². The molecule has 18 heavy (non-hydrogen) atoms. The molecule has 0 aliphatic heterocycles. The Labute approximate surface area is 114 Å². The number of unbranched alkanes of at least 4 members (excludes halogenated alkanes) is 3. The lowest BCUT2D eigenvalue weighted by molar-refractivity contribution is -0.0168. The maximum Gasteiger partial charge on any atom is 0.0576 e. The van der Waals surface area contributed by atoms with E-state index in [4.69, 9.17) is 0 Å². The summed E-state index contributed by atoms with van der Waals surface area (Å²) in [5.74, 6) is 1.22. The summed E-state index contributed by atoms with van der Waals surface area (Å²) in [7, 11) is 0. The Kier molecular flexibility index (Phi) is 6.42. The summed E-state index contributed by atoms with van der Waals surface area (Å²) < 4.78 is 0. The number of hydrogen-bond acceptors (Lipinski definition) is 1. The Bertz CT molecular complexity index is 244. The van der Waals surface area contributed by atoms with Crippen LogP contribution in [0.5, 0.6) is 0 Å². The molecule has 0 amide bonds. The summed E-state index contributed by atoms with van der Waals surface area (Å²) >= 11 is 0. The molecule has 1 fully saturated rings. The fourth-order valence-corrected chi connectivity index (χ4v) is 3.49. The summed E-state index contributed by atoms with van der Waals surface area (Å²) in [4.78, 5) is 0. The van der Waals surface area contributed by atoms with Crippen molar-refractivity contribution in [2.75, 3.05) is 0 Å². The van der Waals surface area contributed by atoms with E-state index in [1.165, 1.54) is 38.5 Å². The van der Waals surface area contributed by atoms with Gasteiger partial charge in [0.15, 0.2) is 0 Å². The first-order valence-corrected chi connectivity index (χ1v) is 7.76. The number of rotatable bonds is 7. The van der Waals surface area contributed by atoms with Gasteiger partial charge in [0.1, 0.15) is 0 Å². The van der Waals surface area contributed by atoms with Crippen molar-refractivity contribution in [3.8, 4) is 0 Å². The van der Waals surface area contributed by atoms with E-state index in [-0.39, 0.29) is 6.10 Å². The van der Waals surface area contributed by atoms with Crippen molar-refractivity contribution in [2.24, 2.45) is 17.3 Å². The van der Waals surface area contributed by atoms with Gasteiger partial charge < -0.3 is 5.11 Å². The first-order chi connectivity index (χ1) is 8.47. The minimum absolute atomic E-state index is 0.0723. The third-order valence-corrected chi connectivity index (χ3v) is 4.81. The topological polar surface area (TPSA) is 20.2 Å². The van der Waals surface area contributed by atoms with Gasteiger partial charge in [-0.15, -0.1) is 6.58 Å². The zero-order valence-electron chi connectivity index (χ0n) is 12.6. The van der Waals surface area contributed by atoms with Crippen LogP contribution in [0.25, 0.3) is 0 Å². The Balaban J connectivity index is 2.35. The molecule has 1 N–H and O–H groups in total. The molecule has 0 aromatic heterocycles. The molecular formula is C17H32O. The summed E-state index contributed by atoms with van der Waals surface area (Å²) in [5, 5.41) is 10.3. The molecule has 0 heterocycles. The van der Waals surface area contributed by atoms with E-state index in [2.05, 4.69) is 27.4 Å². The highest BCUT2D eigenvalue weighted by atomic mass is 16.3. The Hall–Kier alpha value is -0.300. The minimum Gasteiger partial charge on any atom is -0.393 e. The molecule has 1 aliphatic rings. The van der Waals surface area contributed by atoms with Crippen LogP contribution in [0, 0.1) is 17.3 Å². The van der Waals surface area contributed by atoms with Gasteiger partial charge in [0.2, 0.25) is 0 Å². The summed E-state index contributed by atoms with van der Waals surface area (Å²) in [5.41, 5.74) is 0.299. The van der Waals surface area contributed by atoms with Crippen LogP contribution in [0.4, 0.5) is 0 Å². The molecule has 106 valence electrons. The molecule has 0 aromatic carbocycles. The maximum atomic E-state index is 10.3. The quantitative estimate of drug-likeness (QED) is 0.502. The molecule has 1 saturated carbocycles. The van der Waals surface area contributed by atoms with E-state index in [0.717, 1.165) is 12.8 Å². The number of hydrogen-bond donors (Lipinski definition) is 1. The van der Waals surface area contributed by atoms with Crippen LogP contribution < -0.4 is 0 Å². The van der Waals surface area contributed by atoms with Gasteiger partial charge in [-0.05, 0) is 49.4 Å². The third kappa shape index (κ3) is 4.76. The summed E-state index contributed by atoms with van der Waals surface area (Å²) in [6.45, 7) is 10.7. The second kappa shape index (κ2) is 7.33. The van der Waals surface area contributed by atoms with Crippen LogP contribution in [-0.4, -0.2) is 11.2 Å². The molecule has 3 atom stereocenters. The molecule has 0 radical (unpaired) electrons. The standard InChI is InChI=1S/C17H32O/c1-5-6-7-8-9-12-17(3,4)15-11-10-14(2)13-16(15)18/h5,14-16,18H,1,6-13H2,2-4H3. The molecular weight excluding hydrogens is 220 g/mol.